The van der Waals surface area contributed by atoms with E-state index in [2.05, 4.69) is 42.2 Å². The van der Waals surface area contributed by atoms with Crippen molar-refractivity contribution in [3.8, 4) is 0 Å². The lowest BCUT2D eigenvalue weighted by Gasteiger charge is -2.06. The molecule has 6 heteroatoms. The number of hydrogen-bond acceptors (Lipinski definition) is 2. The number of pyridine rings is 1. The molecule has 1 heterocycles. The molecule has 19 heavy (non-hydrogen) atoms. The first-order chi connectivity index (χ1) is 9.06. The maximum absolute atomic E-state index is 13.6. The molecule has 1 N–H and O–H groups in total. The highest BCUT2D eigenvalue weighted by Crippen LogP contribution is 2.15. The highest BCUT2D eigenvalue weighted by molar-refractivity contribution is 9.10. The van der Waals surface area contributed by atoms with Crippen LogP contribution in [0.4, 0.5) is 4.39 Å². The first-order valence-corrected chi connectivity index (χ1v) is 6.97. The summed E-state index contributed by atoms with van der Waals surface area (Å²) in [6.45, 7) is 0.129. The Morgan fingerprint density at radius 2 is 2.00 bits per heavy atom. The van der Waals surface area contributed by atoms with Gasteiger partial charge in [0.05, 0.1) is 5.56 Å². The van der Waals surface area contributed by atoms with Crippen molar-refractivity contribution in [2.75, 3.05) is 0 Å². The number of halogens is 3. The zero-order chi connectivity index (χ0) is 13.8. The number of amides is 1. The van der Waals surface area contributed by atoms with Crippen LogP contribution in [0.1, 0.15) is 15.9 Å². The number of carbonyl (C=O) groups is 1. The van der Waals surface area contributed by atoms with Crippen LogP contribution in [0.15, 0.2) is 45.6 Å². The Kier molecular flexibility index (Phi) is 4.66. The Morgan fingerprint density at radius 3 is 2.68 bits per heavy atom. The molecule has 98 valence electrons. The van der Waals surface area contributed by atoms with Gasteiger partial charge in [-0.2, -0.15) is 0 Å². The number of benzene rings is 1. The molecular weight excluding hydrogens is 379 g/mol. The van der Waals surface area contributed by atoms with Crippen molar-refractivity contribution in [1.82, 2.24) is 10.3 Å². The third-order valence-corrected chi connectivity index (χ3v) is 3.35. The third-order valence-electron chi connectivity index (χ3n) is 2.42. The van der Waals surface area contributed by atoms with Crippen molar-refractivity contribution < 1.29 is 9.18 Å². The minimum atomic E-state index is -0.359. The molecule has 0 spiro atoms. The number of nitrogens with zero attached hydrogens (tertiary/aromatic N) is 1. The molecule has 3 nitrogen and oxygen atoms in total. The molecule has 0 saturated heterocycles. The molecule has 0 unspecified atom stereocenters. The minimum Gasteiger partial charge on any atom is -0.348 e. The summed E-state index contributed by atoms with van der Waals surface area (Å²) in [7, 11) is 0. The lowest BCUT2D eigenvalue weighted by Crippen LogP contribution is -2.23. The van der Waals surface area contributed by atoms with Gasteiger partial charge in [-0.3, -0.25) is 9.78 Å². The average molecular weight is 388 g/mol. The number of aromatic nitrogens is 1. The smallest absolute Gasteiger partial charge is 0.253 e. The molecule has 0 bridgehead atoms. The summed E-state index contributed by atoms with van der Waals surface area (Å²) in [5, 5.41) is 2.65. The average Bonchev–Trinajstić information content (AvgIpc) is 2.37. The van der Waals surface area contributed by atoms with E-state index in [0.29, 0.717) is 15.6 Å². The Balaban J connectivity index is 2.04. The van der Waals surface area contributed by atoms with Gasteiger partial charge in [0.15, 0.2) is 0 Å². The summed E-state index contributed by atoms with van der Waals surface area (Å²) < 4.78 is 14.9. The van der Waals surface area contributed by atoms with Gasteiger partial charge < -0.3 is 5.32 Å². The van der Waals surface area contributed by atoms with Gasteiger partial charge >= 0.3 is 0 Å². The van der Waals surface area contributed by atoms with Crippen LogP contribution in [0.3, 0.4) is 0 Å². The summed E-state index contributed by atoms with van der Waals surface area (Å²) >= 11 is 6.42. The molecule has 2 rings (SSSR count). The van der Waals surface area contributed by atoms with Gasteiger partial charge in [-0.05, 0) is 34.1 Å². The van der Waals surface area contributed by atoms with E-state index in [1.807, 2.05) is 0 Å². The van der Waals surface area contributed by atoms with E-state index >= 15 is 0 Å². The van der Waals surface area contributed by atoms with Crippen LogP contribution in [0.2, 0.25) is 0 Å². The first kappa shape index (κ1) is 14.1. The minimum absolute atomic E-state index is 0.129. The summed E-state index contributed by atoms with van der Waals surface area (Å²) in [4.78, 5) is 15.7. The lowest BCUT2D eigenvalue weighted by atomic mass is 10.2. The Morgan fingerprint density at radius 1 is 1.21 bits per heavy atom. The molecule has 1 aromatic heterocycles. The second-order valence-corrected chi connectivity index (χ2v) is 5.64. The van der Waals surface area contributed by atoms with Gasteiger partial charge in [-0.15, -0.1) is 0 Å². The van der Waals surface area contributed by atoms with Crippen LogP contribution in [0, 0.1) is 5.82 Å². The Hall–Kier alpha value is -1.27. The van der Waals surface area contributed by atoms with E-state index < -0.39 is 0 Å². The molecule has 0 aliphatic heterocycles. The number of rotatable bonds is 3. The standard InChI is InChI=1S/C13H9Br2FN2O/c14-10-2-1-8(12(16)4-10)6-18-13(19)9-3-11(15)7-17-5-9/h1-5,7H,6H2,(H,18,19). The molecule has 0 atom stereocenters. The molecular formula is C13H9Br2FN2O. The van der Waals surface area contributed by atoms with Gasteiger partial charge in [-0.1, -0.05) is 22.0 Å². The Labute approximate surface area is 126 Å². The fourth-order valence-corrected chi connectivity index (χ4v) is 2.18. The second-order valence-electron chi connectivity index (χ2n) is 3.81. The van der Waals surface area contributed by atoms with Gasteiger partial charge in [0, 0.05) is 33.4 Å². The summed E-state index contributed by atoms with van der Waals surface area (Å²) in [6.07, 6.45) is 3.04. The first-order valence-electron chi connectivity index (χ1n) is 5.39. The second kappa shape index (κ2) is 6.25. The maximum atomic E-state index is 13.6. The van der Waals surface area contributed by atoms with E-state index in [4.69, 9.17) is 0 Å². The quantitative estimate of drug-likeness (QED) is 0.872. The molecule has 0 saturated carbocycles. The van der Waals surface area contributed by atoms with Crippen molar-refractivity contribution in [2.24, 2.45) is 0 Å². The van der Waals surface area contributed by atoms with Gasteiger partial charge in [0.1, 0.15) is 5.82 Å². The summed E-state index contributed by atoms with van der Waals surface area (Å²) in [5.41, 5.74) is 0.853. The van der Waals surface area contributed by atoms with Gasteiger partial charge in [0.2, 0.25) is 0 Å². The van der Waals surface area contributed by atoms with Gasteiger partial charge in [-0.25, -0.2) is 4.39 Å². The highest BCUT2D eigenvalue weighted by Gasteiger charge is 2.08. The molecule has 1 aromatic carbocycles. The lowest BCUT2D eigenvalue weighted by molar-refractivity contribution is 0.0950. The van der Waals surface area contributed by atoms with Crippen LogP contribution >= 0.6 is 31.9 Å². The molecule has 0 fully saturated rings. The van der Waals surface area contributed by atoms with E-state index in [0.717, 1.165) is 4.47 Å². The Bertz CT molecular complexity index is 619. The summed E-state index contributed by atoms with van der Waals surface area (Å²) in [5.74, 6) is -0.654. The zero-order valence-corrected chi connectivity index (χ0v) is 12.8. The molecule has 1 amide bonds. The van der Waals surface area contributed by atoms with E-state index in [9.17, 15) is 9.18 Å². The molecule has 0 radical (unpaired) electrons. The largest absolute Gasteiger partial charge is 0.348 e. The zero-order valence-electron chi connectivity index (χ0n) is 9.66. The van der Waals surface area contributed by atoms with E-state index in [1.54, 1.807) is 24.4 Å². The van der Waals surface area contributed by atoms with Crippen molar-refractivity contribution >= 4 is 37.8 Å². The van der Waals surface area contributed by atoms with Crippen molar-refractivity contribution in [3.05, 3.63) is 62.5 Å². The normalized spacial score (nSPS) is 10.3. The summed E-state index contributed by atoms with van der Waals surface area (Å²) in [6, 6.07) is 6.37. The number of carbonyl (C=O) groups excluding carboxylic acids is 1. The predicted molar refractivity (Wildman–Crippen MR) is 77.2 cm³/mol. The third kappa shape index (κ3) is 3.84. The van der Waals surface area contributed by atoms with Gasteiger partial charge in [0.25, 0.3) is 5.91 Å². The van der Waals surface area contributed by atoms with Crippen LogP contribution in [-0.2, 0) is 6.54 Å². The van der Waals surface area contributed by atoms with Crippen LogP contribution in [0.5, 0.6) is 0 Å². The molecule has 2 aromatic rings. The SMILES string of the molecule is O=C(NCc1ccc(Br)cc1F)c1cncc(Br)c1. The fraction of sp³-hybridized carbons (Fsp3) is 0.0769. The predicted octanol–water partition coefficient (Wildman–Crippen LogP) is 3.68. The van der Waals surface area contributed by atoms with Crippen molar-refractivity contribution in [3.63, 3.8) is 0 Å². The van der Waals surface area contributed by atoms with E-state index in [-0.39, 0.29) is 18.3 Å². The highest BCUT2D eigenvalue weighted by atomic mass is 79.9. The fourth-order valence-electron chi connectivity index (χ4n) is 1.48. The topological polar surface area (TPSA) is 42.0 Å². The van der Waals surface area contributed by atoms with Crippen molar-refractivity contribution in [2.45, 2.75) is 6.54 Å². The van der Waals surface area contributed by atoms with Crippen molar-refractivity contribution in [1.29, 1.82) is 0 Å². The number of nitrogens with one attached hydrogen (secondary N) is 1. The van der Waals surface area contributed by atoms with Crippen LogP contribution < -0.4 is 5.32 Å². The van der Waals surface area contributed by atoms with E-state index in [1.165, 1.54) is 12.3 Å². The van der Waals surface area contributed by atoms with Crippen LogP contribution in [-0.4, -0.2) is 10.9 Å². The monoisotopic (exact) mass is 386 g/mol. The number of hydrogen-bond donors (Lipinski definition) is 1. The van der Waals surface area contributed by atoms with Crippen LogP contribution in [0.25, 0.3) is 0 Å². The molecule has 0 aliphatic rings. The molecule has 0 aliphatic carbocycles. The maximum Gasteiger partial charge on any atom is 0.253 e.